The maximum Gasteiger partial charge on any atom is 0.276 e. The van der Waals surface area contributed by atoms with Gasteiger partial charge in [-0.3, -0.25) is 14.4 Å². The molecule has 1 aliphatic heterocycles. The third-order valence-electron chi connectivity index (χ3n) is 5.30. The summed E-state index contributed by atoms with van der Waals surface area (Å²) in [6, 6.07) is 10.0. The SMILES string of the molecule is Cc1ocnc1C(=O)N1CCCNC(=O)CCC(c2ccccc2)CCNC(=O)C1. The summed E-state index contributed by atoms with van der Waals surface area (Å²) >= 11 is 0. The monoisotopic (exact) mass is 412 g/mol. The van der Waals surface area contributed by atoms with Gasteiger partial charge < -0.3 is 20.0 Å². The first-order valence-electron chi connectivity index (χ1n) is 10.3. The predicted molar refractivity (Wildman–Crippen MR) is 111 cm³/mol. The van der Waals surface area contributed by atoms with Crippen molar-refractivity contribution in [3.8, 4) is 0 Å². The fraction of sp³-hybridized carbons (Fsp3) is 0.455. The van der Waals surface area contributed by atoms with E-state index in [4.69, 9.17) is 4.42 Å². The molecule has 160 valence electrons. The topological polar surface area (TPSA) is 105 Å². The Balaban J connectivity index is 1.69. The average molecular weight is 412 g/mol. The van der Waals surface area contributed by atoms with Crippen LogP contribution in [0.3, 0.4) is 0 Å². The zero-order valence-electron chi connectivity index (χ0n) is 17.2. The lowest BCUT2D eigenvalue weighted by Gasteiger charge is -2.23. The van der Waals surface area contributed by atoms with Crippen LogP contribution in [-0.4, -0.2) is 53.8 Å². The second kappa shape index (κ2) is 10.6. The Hall–Kier alpha value is -3.16. The van der Waals surface area contributed by atoms with Gasteiger partial charge in [-0.2, -0.15) is 0 Å². The molecule has 0 spiro atoms. The molecule has 1 aromatic heterocycles. The van der Waals surface area contributed by atoms with Crippen molar-refractivity contribution in [2.75, 3.05) is 26.2 Å². The number of carbonyl (C=O) groups excluding carboxylic acids is 3. The van der Waals surface area contributed by atoms with E-state index < -0.39 is 0 Å². The van der Waals surface area contributed by atoms with E-state index in [1.165, 1.54) is 11.3 Å². The van der Waals surface area contributed by atoms with Crippen molar-refractivity contribution in [1.82, 2.24) is 20.5 Å². The van der Waals surface area contributed by atoms with Crippen LogP contribution in [0.15, 0.2) is 41.1 Å². The summed E-state index contributed by atoms with van der Waals surface area (Å²) in [6.45, 7) is 2.86. The Bertz CT molecular complexity index is 865. The van der Waals surface area contributed by atoms with Gasteiger partial charge in [-0.25, -0.2) is 4.98 Å². The van der Waals surface area contributed by atoms with E-state index in [1.54, 1.807) is 6.92 Å². The standard InChI is InChI=1S/C22H28N4O4/c1-16-21(25-15-30-16)22(29)26-13-5-11-23-19(27)9-8-18(10-12-24-20(28)14-26)17-6-3-2-4-7-17/h2-4,6-7,15,18H,5,8-14H2,1H3,(H,23,27)(H,24,28). The molecule has 1 aliphatic rings. The van der Waals surface area contributed by atoms with E-state index in [-0.39, 0.29) is 35.9 Å². The van der Waals surface area contributed by atoms with Gasteiger partial charge in [-0.15, -0.1) is 0 Å². The number of hydrogen-bond acceptors (Lipinski definition) is 5. The van der Waals surface area contributed by atoms with Crippen LogP contribution in [0.4, 0.5) is 0 Å². The minimum Gasteiger partial charge on any atom is -0.448 e. The molecule has 1 unspecified atom stereocenters. The summed E-state index contributed by atoms with van der Waals surface area (Å²) in [5.74, 6) is 0.0335. The van der Waals surface area contributed by atoms with Crippen LogP contribution in [0.2, 0.25) is 0 Å². The number of amides is 3. The fourth-order valence-electron chi connectivity index (χ4n) is 3.62. The molecule has 0 bridgehead atoms. The van der Waals surface area contributed by atoms with E-state index in [0.29, 0.717) is 38.2 Å². The van der Waals surface area contributed by atoms with Gasteiger partial charge in [0, 0.05) is 26.1 Å². The summed E-state index contributed by atoms with van der Waals surface area (Å²) in [6.07, 6.45) is 3.63. The Morgan fingerprint density at radius 3 is 2.60 bits per heavy atom. The molecule has 1 aromatic carbocycles. The average Bonchev–Trinajstić information content (AvgIpc) is 3.18. The van der Waals surface area contributed by atoms with Gasteiger partial charge in [0.05, 0.1) is 6.54 Å². The van der Waals surface area contributed by atoms with Gasteiger partial charge >= 0.3 is 0 Å². The second-order valence-corrected chi connectivity index (χ2v) is 7.47. The van der Waals surface area contributed by atoms with Crippen molar-refractivity contribution in [2.24, 2.45) is 0 Å². The highest BCUT2D eigenvalue weighted by Gasteiger charge is 2.23. The van der Waals surface area contributed by atoms with Crippen LogP contribution in [-0.2, 0) is 9.59 Å². The first kappa shape index (κ1) is 21.5. The smallest absolute Gasteiger partial charge is 0.276 e. The van der Waals surface area contributed by atoms with Gasteiger partial charge in [-0.05, 0) is 37.7 Å². The van der Waals surface area contributed by atoms with Crippen molar-refractivity contribution in [3.05, 3.63) is 53.7 Å². The highest BCUT2D eigenvalue weighted by molar-refractivity contribution is 5.95. The number of nitrogens with one attached hydrogen (secondary N) is 2. The molecule has 30 heavy (non-hydrogen) atoms. The quantitative estimate of drug-likeness (QED) is 0.785. The Morgan fingerprint density at radius 2 is 1.87 bits per heavy atom. The van der Waals surface area contributed by atoms with E-state index in [9.17, 15) is 14.4 Å². The molecular weight excluding hydrogens is 384 g/mol. The molecule has 2 heterocycles. The molecule has 2 aromatic rings. The minimum atomic E-state index is -0.350. The first-order chi connectivity index (χ1) is 14.5. The van der Waals surface area contributed by atoms with Crippen LogP contribution in [0.5, 0.6) is 0 Å². The van der Waals surface area contributed by atoms with E-state index in [1.807, 2.05) is 30.3 Å². The number of nitrogens with zero attached hydrogens (tertiary/aromatic N) is 2. The lowest BCUT2D eigenvalue weighted by atomic mass is 9.91. The lowest BCUT2D eigenvalue weighted by molar-refractivity contribution is -0.123. The Morgan fingerprint density at radius 1 is 1.10 bits per heavy atom. The number of oxazole rings is 1. The molecule has 2 N–H and O–H groups in total. The molecule has 3 amide bonds. The third kappa shape index (κ3) is 5.92. The van der Waals surface area contributed by atoms with Crippen LogP contribution in [0.25, 0.3) is 0 Å². The third-order valence-corrected chi connectivity index (χ3v) is 5.30. The van der Waals surface area contributed by atoms with Crippen LogP contribution >= 0.6 is 0 Å². The Kier molecular flexibility index (Phi) is 7.59. The van der Waals surface area contributed by atoms with Gasteiger partial charge in [0.1, 0.15) is 5.76 Å². The van der Waals surface area contributed by atoms with Gasteiger partial charge in [0.15, 0.2) is 12.1 Å². The highest BCUT2D eigenvalue weighted by Crippen LogP contribution is 2.24. The number of carbonyl (C=O) groups is 3. The molecule has 1 fully saturated rings. The van der Waals surface area contributed by atoms with Crippen molar-refractivity contribution in [2.45, 2.75) is 38.5 Å². The van der Waals surface area contributed by atoms with Gasteiger partial charge in [0.25, 0.3) is 5.91 Å². The van der Waals surface area contributed by atoms with Crippen molar-refractivity contribution in [1.29, 1.82) is 0 Å². The molecule has 0 aliphatic carbocycles. The first-order valence-corrected chi connectivity index (χ1v) is 10.3. The second-order valence-electron chi connectivity index (χ2n) is 7.47. The maximum atomic E-state index is 12.8. The summed E-state index contributed by atoms with van der Waals surface area (Å²) < 4.78 is 5.12. The van der Waals surface area contributed by atoms with Gasteiger partial charge in [-0.1, -0.05) is 30.3 Å². The van der Waals surface area contributed by atoms with Gasteiger partial charge in [0.2, 0.25) is 11.8 Å². The number of rotatable bonds is 2. The molecule has 8 heteroatoms. The number of hydrogen-bond donors (Lipinski definition) is 2. The van der Waals surface area contributed by atoms with Crippen LogP contribution < -0.4 is 10.6 Å². The minimum absolute atomic E-state index is 0.00208. The van der Waals surface area contributed by atoms with Crippen molar-refractivity contribution in [3.63, 3.8) is 0 Å². The summed E-state index contributed by atoms with van der Waals surface area (Å²) in [4.78, 5) is 43.0. The van der Waals surface area contributed by atoms with Crippen molar-refractivity contribution >= 4 is 17.7 Å². The largest absolute Gasteiger partial charge is 0.448 e. The summed E-state index contributed by atoms with van der Waals surface area (Å²) in [5.41, 5.74) is 1.36. The molecule has 1 atom stereocenters. The fourth-order valence-corrected chi connectivity index (χ4v) is 3.62. The molecule has 0 saturated carbocycles. The zero-order chi connectivity index (χ0) is 21.3. The molecule has 8 nitrogen and oxygen atoms in total. The zero-order valence-corrected chi connectivity index (χ0v) is 17.2. The normalized spacial score (nSPS) is 19.5. The predicted octanol–water partition coefficient (Wildman–Crippen LogP) is 2.02. The van der Waals surface area contributed by atoms with E-state index in [2.05, 4.69) is 15.6 Å². The number of benzene rings is 1. The molecule has 3 rings (SSSR count). The molecular formula is C22H28N4O4. The number of aromatic nitrogens is 1. The number of aryl methyl sites for hydroxylation is 1. The van der Waals surface area contributed by atoms with Crippen LogP contribution in [0, 0.1) is 6.92 Å². The summed E-state index contributed by atoms with van der Waals surface area (Å²) in [7, 11) is 0. The maximum absolute atomic E-state index is 12.8. The van der Waals surface area contributed by atoms with Crippen molar-refractivity contribution < 1.29 is 18.8 Å². The Labute approximate surface area is 176 Å². The molecule has 1 saturated heterocycles. The van der Waals surface area contributed by atoms with E-state index in [0.717, 1.165) is 18.4 Å². The van der Waals surface area contributed by atoms with Crippen LogP contribution in [0.1, 0.15) is 53.4 Å². The summed E-state index contributed by atoms with van der Waals surface area (Å²) in [5, 5.41) is 5.83. The lowest BCUT2D eigenvalue weighted by Crippen LogP contribution is -2.43. The highest BCUT2D eigenvalue weighted by atomic mass is 16.3. The molecule has 0 radical (unpaired) electrons. The van der Waals surface area contributed by atoms with E-state index >= 15 is 0 Å².